The highest BCUT2D eigenvalue weighted by atomic mass is 35.5. The van der Waals surface area contributed by atoms with Crippen LogP contribution in [-0.2, 0) is 10.5 Å². The molecular formula is C18H24Cl3N3O2S. The van der Waals surface area contributed by atoms with Crippen LogP contribution in [0.4, 0.5) is 0 Å². The Morgan fingerprint density at radius 2 is 2.04 bits per heavy atom. The topological polar surface area (TPSA) is 81.2 Å². The van der Waals surface area contributed by atoms with Crippen LogP contribution >= 0.6 is 48.2 Å². The van der Waals surface area contributed by atoms with Crippen molar-refractivity contribution < 1.29 is 9.21 Å². The molecule has 1 aliphatic carbocycles. The number of carbonyl (C=O) groups is 1. The smallest absolute Gasteiger partial charge is 0.232 e. The number of hydrogen-bond acceptors (Lipinski definition) is 5. The van der Waals surface area contributed by atoms with Crippen molar-refractivity contribution in [1.29, 1.82) is 0 Å². The molecule has 1 fully saturated rings. The predicted octanol–water partition coefficient (Wildman–Crippen LogP) is 4.31. The van der Waals surface area contributed by atoms with Gasteiger partial charge in [-0.25, -0.2) is 4.98 Å². The second-order valence-corrected chi connectivity index (χ2v) is 8.09. The molecule has 0 saturated heterocycles. The molecule has 5 nitrogen and oxygen atoms in total. The molecule has 27 heavy (non-hydrogen) atoms. The Hall–Kier alpha value is -0.920. The van der Waals surface area contributed by atoms with Gasteiger partial charge in [-0.2, -0.15) is 0 Å². The number of nitrogens with zero attached hydrogens (tertiary/aromatic N) is 1. The molecule has 0 radical (unpaired) electrons. The molecule has 2 atom stereocenters. The van der Waals surface area contributed by atoms with Crippen LogP contribution in [-0.4, -0.2) is 28.7 Å². The molecule has 150 valence electrons. The van der Waals surface area contributed by atoms with Gasteiger partial charge in [-0.15, -0.1) is 36.6 Å². The highest BCUT2D eigenvalue weighted by molar-refractivity contribution is 7.99. The van der Waals surface area contributed by atoms with Crippen molar-refractivity contribution >= 4 is 54.1 Å². The fraction of sp³-hybridized carbons (Fsp3) is 0.444. The fourth-order valence-corrected chi connectivity index (χ4v) is 3.34. The predicted molar refractivity (Wildman–Crippen MR) is 116 cm³/mol. The van der Waals surface area contributed by atoms with E-state index >= 15 is 0 Å². The van der Waals surface area contributed by atoms with Crippen LogP contribution < -0.4 is 11.1 Å². The van der Waals surface area contributed by atoms with Crippen molar-refractivity contribution in [3.8, 4) is 11.3 Å². The van der Waals surface area contributed by atoms with Crippen molar-refractivity contribution in [2.75, 3.05) is 6.54 Å². The number of oxazole rings is 1. The Morgan fingerprint density at radius 3 is 2.67 bits per heavy atom. The number of aromatic nitrogens is 1. The molecule has 9 heteroatoms. The maximum absolute atomic E-state index is 12.1. The average molecular weight is 453 g/mol. The lowest BCUT2D eigenvalue weighted by atomic mass is 10.2. The molecule has 0 aliphatic heterocycles. The Morgan fingerprint density at radius 1 is 1.37 bits per heavy atom. The average Bonchev–Trinajstić information content (AvgIpc) is 3.36. The summed E-state index contributed by atoms with van der Waals surface area (Å²) < 4.78 is 5.75. The van der Waals surface area contributed by atoms with E-state index in [0.29, 0.717) is 34.9 Å². The first kappa shape index (κ1) is 24.1. The van der Waals surface area contributed by atoms with Crippen LogP contribution in [0.15, 0.2) is 34.9 Å². The molecule has 1 aromatic heterocycles. The Balaban J connectivity index is 0.00000182. The van der Waals surface area contributed by atoms with E-state index in [2.05, 4.69) is 10.3 Å². The third-order valence-corrected chi connectivity index (χ3v) is 5.63. The second kappa shape index (κ2) is 11.2. The first-order valence-electron chi connectivity index (χ1n) is 8.38. The minimum atomic E-state index is -0.183. The summed E-state index contributed by atoms with van der Waals surface area (Å²) in [6.07, 6.45) is 4.06. The van der Waals surface area contributed by atoms with Gasteiger partial charge in [-0.3, -0.25) is 4.79 Å². The molecule has 2 unspecified atom stereocenters. The van der Waals surface area contributed by atoms with E-state index in [4.69, 9.17) is 21.8 Å². The van der Waals surface area contributed by atoms with Gasteiger partial charge in [0.15, 0.2) is 5.76 Å². The summed E-state index contributed by atoms with van der Waals surface area (Å²) in [5.74, 6) is 2.42. The molecule has 1 aliphatic rings. The highest BCUT2D eigenvalue weighted by Crippen LogP contribution is 2.31. The zero-order valence-electron chi connectivity index (χ0n) is 14.9. The van der Waals surface area contributed by atoms with Gasteiger partial charge in [0, 0.05) is 23.2 Å². The number of halogens is 3. The van der Waals surface area contributed by atoms with Crippen molar-refractivity contribution in [2.24, 2.45) is 11.7 Å². The fourth-order valence-electron chi connectivity index (χ4n) is 2.45. The maximum Gasteiger partial charge on any atom is 0.232 e. The number of nitrogens with one attached hydrogen (secondary N) is 1. The zero-order chi connectivity index (χ0) is 17.8. The molecule has 0 spiro atoms. The SMILES string of the molecule is CC(SCc1ncc(-c2ccc(Cl)cc2)o1)C(=O)NCC(N)C1CC1.Cl.Cl. The van der Waals surface area contributed by atoms with E-state index in [-0.39, 0.29) is 42.0 Å². The summed E-state index contributed by atoms with van der Waals surface area (Å²) >= 11 is 7.38. The Labute approximate surface area is 181 Å². The third kappa shape index (κ3) is 7.20. The van der Waals surface area contributed by atoms with E-state index in [1.807, 2.05) is 31.2 Å². The molecule has 2 aromatic rings. The maximum atomic E-state index is 12.1. The van der Waals surface area contributed by atoms with Crippen LogP contribution in [0.2, 0.25) is 5.02 Å². The minimum absolute atomic E-state index is 0. The number of amides is 1. The van der Waals surface area contributed by atoms with Gasteiger partial charge >= 0.3 is 0 Å². The van der Waals surface area contributed by atoms with E-state index in [1.165, 1.54) is 24.6 Å². The Bertz CT molecular complexity index is 723. The van der Waals surface area contributed by atoms with Crippen LogP contribution in [0.25, 0.3) is 11.3 Å². The first-order chi connectivity index (χ1) is 12.0. The van der Waals surface area contributed by atoms with Crippen molar-refractivity contribution in [3.63, 3.8) is 0 Å². The third-order valence-electron chi connectivity index (χ3n) is 4.25. The molecule has 1 amide bonds. The first-order valence-corrected chi connectivity index (χ1v) is 9.81. The van der Waals surface area contributed by atoms with Crippen molar-refractivity contribution in [1.82, 2.24) is 10.3 Å². The molecule has 1 aromatic carbocycles. The second-order valence-electron chi connectivity index (χ2n) is 6.32. The van der Waals surface area contributed by atoms with Gasteiger partial charge in [-0.1, -0.05) is 11.6 Å². The lowest BCUT2D eigenvalue weighted by Crippen LogP contribution is -2.41. The zero-order valence-corrected chi connectivity index (χ0v) is 18.1. The highest BCUT2D eigenvalue weighted by Gasteiger charge is 2.28. The van der Waals surface area contributed by atoms with E-state index in [1.54, 1.807) is 6.20 Å². The number of hydrogen-bond donors (Lipinski definition) is 2. The number of thioether (sulfide) groups is 1. The van der Waals surface area contributed by atoms with Gasteiger partial charge in [-0.05, 0) is 49.9 Å². The quantitative estimate of drug-likeness (QED) is 0.623. The summed E-state index contributed by atoms with van der Waals surface area (Å²) in [7, 11) is 0. The largest absolute Gasteiger partial charge is 0.440 e. The lowest BCUT2D eigenvalue weighted by Gasteiger charge is -2.14. The van der Waals surface area contributed by atoms with Gasteiger partial charge < -0.3 is 15.5 Å². The van der Waals surface area contributed by atoms with Gasteiger partial charge in [0.2, 0.25) is 11.8 Å². The summed E-state index contributed by atoms with van der Waals surface area (Å²) in [6, 6.07) is 7.48. The molecule has 0 bridgehead atoms. The van der Waals surface area contributed by atoms with Crippen molar-refractivity contribution in [3.05, 3.63) is 41.4 Å². The normalized spacial score (nSPS) is 15.2. The van der Waals surface area contributed by atoms with Gasteiger partial charge in [0.05, 0.1) is 17.2 Å². The molecule has 1 heterocycles. The molecule has 3 rings (SSSR count). The molecule has 1 saturated carbocycles. The monoisotopic (exact) mass is 451 g/mol. The summed E-state index contributed by atoms with van der Waals surface area (Å²) in [5.41, 5.74) is 6.93. The minimum Gasteiger partial charge on any atom is -0.440 e. The number of carbonyl (C=O) groups excluding carboxylic acids is 1. The molecule has 3 N–H and O–H groups in total. The van der Waals surface area contributed by atoms with Crippen LogP contribution in [0.1, 0.15) is 25.7 Å². The van der Waals surface area contributed by atoms with Crippen LogP contribution in [0.5, 0.6) is 0 Å². The number of nitrogens with two attached hydrogens (primary N) is 1. The number of benzene rings is 1. The van der Waals surface area contributed by atoms with Gasteiger partial charge in [0.25, 0.3) is 0 Å². The van der Waals surface area contributed by atoms with Crippen molar-refractivity contribution in [2.45, 2.75) is 36.8 Å². The van der Waals surface area contributed by atoms with Crippen LogP contribution in [0.3, 0.4) is 0 Å². The lowest BCUT2D eigenvalue weighted by molar-refractivity contribution is -0.120. The van der Waals surface area contributed by atoms with Gasteiger partial charge in [0.1, 0.15) is 0 Å². The van der Waals surface area contributed by atoms with E-state index in [0.717, 1.165) is 5.56 Å². The summed E-state index contributed by atoms with van der Waals surface area (Å²) in [5, 5.41) is 3.43. The van der Waals surface area contributed by atoms with E-state index in [9.17, 15) is 4.79 Å². The summed E-state index contributed by atoms with van der Waals surface area (Å²) in [6.45, 7) is 2.43. The number of rotatable bonds is 8. The standard InChI is InChI=1S/C18H22ClN3O2S.2ClH/c1-11(18(23)22-8-15(20)12-2-3-12)25-10-17-21-9-16(24-17)13-4-6-14(19)7-5-13;;/h4-7,9,11-12,15H,2-3,8,10,20H2,1H3,(H,22,23);2*1H. The Kier molecular flexibility index (Phi) is 9.98. The van der Waals surface area contributed by atoms with E-state index < -0.39 is 0 Å². The van der Waals surface area contributed by atoms with Crippen LogP contribution in [0, 0.1) is 5.92 Å². The summed E-state index contributed by atoms with van der Waals surface area (Å²) in [4.78, 5) is 16.4. The molecular weight excluding hydrogens is 429 g/mol.